The zero-order valence-electron chi connectivity index (χ0n) is 19.2. The highest BCUT2D eigenvalue weighted by molar-refractivity contribution is 5.79. The first-order valence-electron chi connectivity index (χ1n) is 11.4. The van der Waals surface area contributed by atoms with Crippen molar-refractivity contribution in [3.63, 3.8) is 0 Å². The van der Waals surface area contributed by atoms with Crippen molar-refractivity contribution >= 4 is 11.6 Å². The number of aliphatic imine (C=N–C) groups is 1. The number of para-hydroxylation sites is 1. The van der Waals surface area contributed by atoms with Crippen molar-refractivity contribution in [1.29, 1.82) is 0 Å². The van der Waals surface area contributed by atoms with Crippen molar-refractivity contribution in [3.05, 3.63) is 65.7 Å². The second-order valence-electron chi connectivity index (χ2n) is 7.68. The molecule has 0 amide bonds. The number of likely N-dealkylation sites (N-methyl/N-ethyl adjacent to an activating group) is 1. The molecule has 1 heterocycles. The Balaban J connectivity index is 1.63. The van der Waals surface area contributed by atoms with E-state index in [1.807, 2.05) is 7.05 Å². The number of benzene rings is 2. The van der Waals surface area contributed by atoms with Gasteiger partial charge in [0.05, 0.1) is 19.3 Å². The molecule has 0 radical (unpaired) electrons. The largest absolute Gasteiger partial charge is 0.378 e. The van der Waals surface area contributed by atoms with E-state index in [0.717, 1.165) is 58.4 Å². The summed E-state index contributed by atoms with van der Waals surface area (Å²) >= 11 is 0. The summed E-state index contributed by atoms with van der Waals surface area (Å²) in [6, 6.07) is 19.6. The van der Waals surface area contributed by atoms with E-state index in [1.54, 1.807) is 0 Å². The number of ether oxygens (including phenoxy) is 1. The van der Waals surface area contributed by atoms with Gasteiger partial charge in [0.15, 0.2) is 5.96 Å². The van der Waals surface area contributed by atoms with Gasteiger partial charge < -0.3 is 20.3 Å². The number of anilines is 1. The number of rotatable bonds is 9. The summed E-state index contributed by atoms with van der Waals surface area (Å²) in [5, 5.41) is 7.06. The van der Waals surface area contributed by atoms with Gasteiger partial charge in [-0.3, -0.25) is 9.89 Å². The minimum Gasteiger partial charge on any atom is -0.378 e. The van der Waals surface area contributed by atoms with Crippen LogP contribution in [0, 0.1) is 0 Å². The predicted octanol–water partition coefficient (Wildman–Crippen LogP) is 3.27. The number of morpholine rings is 1. The molecule has 168 valence electrons. The van der Waals surface area contributed by atoms with Gasteiger partial charge in [-0.15, -0.1) is 0 Å². The Morgan fingerprint density at radius 3 is 2.35 bits per heavy atom. The van der Waals surface area contributed by atoms with Crippen molar-refractivity contribution in [2.75, 3.05) is 57.9 Å². The summed E-state index contributed by atoms with van der Waals surface area (Å²) in [4.78, 5) is 9.35. The van der Waals surface area contributed by atoms with Crippen molar-refractivity contribution in [2.24, 2.45) is 4.99 Å². The monoisotopic (exact) mass is 423 g/mol. The second-order valence-corrected chi connectivity index (χ2v) is 7.68. The van der Waals surface area contributed by atoms with Crippen LogP contribution in [0.1, 0.15) is 31.0 Å². The zero-order chi connectivity index (χ0) is 21.9. The van der Waals surface area contributed by atoms with E-state index in [2.05, 4.69) is 93.9 Å². The van der Waals surface area contributed by atoms with Crippen LogP contribution in [0.25, 0.3) is 0 Å². The molecule has 1 aliphatic heterocycles. The Morgan fingerprint density at radius 1 is 1.00 bits per heavy atom. The molecule has 0 aromatic heterocycles. The smallest absolute Gasteiger partial charge is 0.191 e. The van der Waals surface area contributed by atoms with E-state index in [0.29, 0.717) is 6.04 Å². The van der Waals surface area contributed by atoms with E-state index in [4.69, 9.17) is 4.74 Å². The summed E-state index contributed by atoms with van der Waals surface area (Å²) in [5.74, 6) is 0.824. The normalized spacial score (nSPS) is 15.7. The van der Waals surface area contributed by atoms with Crippen LogP contribution in [0.2, 0.25) is 0 Å². The first kappa shape index (κ1) is 23.1. The molecule has 0 spiro atoms. The number of nitrogens with zero attached hydrogens (tertiary/aromatic N) is 3. The molecular formula is C25H37N5O. The molecule has 1 aliphatic rings. The van der Waals surface area contributed by atoms with Gasteiger partial charge in [0.1, 0.15) is 0 Å². The maximum atomic E-state index is 5.51. The first-order chi connectivity index (χ1) is 15.3. The van der Waals surface area contributed by atoms with Crippen LogP contribution in [-0.2, 0) is 11.3 Å². The third kappa shape index (κ3) is 6.45. The molecule has 1 unspecified atom stereocenters. The fourth-order valence-electron chi connectivity index (χ4n) is 4.16. The van der Waals surface area contributed by atoms with Gasteiger partial charge in [-0.1, -0.05) is 62.4 Å². The lowest BCUT2D eigenvalue weighted by Gasteiger charge is -2.31. The predicted molar refractivity (Wildman–Crippen MR) is 130 cm³/mol. The number of hydrogen-bond donors (Lipinski definition) is 2. The summed E-state index contributed by atoms with van der Waals surface area (Å²) in [7, 11) is 1.83. The topological polar surface area (TPSA) is 52.1 Å². The Labute approximate surface area is 187 Å². The lowest BCUT2D eigenvalue weighted by Crippen LogP contribution is -2.43. The van der Waals surface area contributed by atoms with E-state index in [9.17, 15) is 0 Å². The van der Waals surface area contributed by atoms with Crippen molar-refractivity contribution in [2.45, 2.75) is 26.4 Å². The maximum absolute atomic E-state index is 5.51. The molecule has 2 aromatic carbocycles. The van der Waals surface area contributed by atoms with Gasteiger partial charge in [0, 0.05) is 38.9 Å². The lowest BCUT2D eigenvalue weighted by molar-refractivity contribution is 0.122. The number of hydrogen-bond acceptors (Lipinski definition) is 4. The molecule has 3 rings (SSSR count). The molecule has 0 aliphatic carbocycles. The minimum atomic E-state index is 0.301. The Bertz CT molecular complexity index is 801. The van der Waals surface area contributed by atoms with Gasteiger partial charge in [-0.05, 0) is 30.3 Å². The first-order valence-corrected chi connectivity index (χ1v) is 11.4. The summed E-state index contributed by atoms with van der Waals surface area (Å²) < 4.78 is 5.51. The van der Waals surface area contributed by atoms with Gasteiger partial charge >= 0.3 is 0 Å². The van der Waals surface area contributed by atoms with Crippen molar-refractivity contribution in [3.8, 4) is 0 Å². The molecule has 1 saturated heterocycles. The average Bonchev–Trinajstić information content (AvgIpc) is 2.84. The van der Waals surface area contributed by atoms with Crippen LogP contribution in [0.5, 0.6) is 0 Å². The van der Waals surface area contributed by atoms with Crippen LogP contribution in [0.4, 0.5) is 5.69 Å². The average molecular weight is 424 g/mol. The molecule has 6 heteroatoms. The minimum absolute atomic E-state index is 0.301. The van der Waals surface area contributed by atoms with Crippen LogP contribution in [0.3, 0.4) is 0 Å². The van der Waals surface area contributed by atoms with Crippen molar-refractivity contribution in [1.82, 2.24) is 15.5 Å². The summed E-state index contributed by atoms with van der Waals surface area (Å²) in [6.07, 6.45) is 0. The SMILES string of the molecule is CCN(CC)C(CNC(=NC)NCc1ccccc1N1CCOCC1)c1ccccc1. The molecule has 0 bridgehead atoms. The second kappa shape index (κ2) is 12.3. The Morgan fingerprint density at radius 2 is 1.68 bits per heavy atom. The molecular weight excluding hydrogens is 386 g/mol. The molecule has 1 atom stereocenters. The number of guanidine groups is 1. The van der Waals surface area contributed by atoms with E-state index in [-0.39, 0.29) is 0 Å². The summed E-state index contributed by atoms with van der Waals surface area (Å²) in [6.45, 7) is 11.4. The van der Waals surface area contributed by atoms with E-state index in [1.165, 1.54) is 16.8 Å². The quantitative estimate of drug-likeness (QED) is 0.479. The van der Waals surface area contributed by atoms with Gasteiger partial charge in [0.2, 0.25) is 0 Å². The third-order valence-electron chi connectivity index (χ3n) is 5.91. The molecule has 2 N–H and O–H groups in total. The lowest BCUT2D eigenvalue weighted by atomic mass is 10.1. The number of nitrogens with one attached hydrogen (secondary N) is 2. The van der Waals surface area contributed by atoms with Crippen molar-refractivity contribution < 1.29 is 4.74 Å². The molecule has 31 heavy (non-hydrogen) atoms. The Kier molecular flexibility index (Phi) is 9.18. The molecule has 2 aromatic rings. The van der Waals surface area contributed by atoms with Crippen LogP contribution in [-0.4, -0.2) is 63.8 Å². The van der Waals surface area contributed by atoms with Crippen LogP contribution in [0.15, 0.2) is 59.6 Å². The fourth-order valence-corrected chi connectivity index (χ4v) is 4.16. The summed E-state index contributed by atoms with van der Waals surface area (Å²) in [5.41, 5.74) is 3.88. The Hall–Kier alpha value is -2.57. The van der Waals surface area contributed by atoms with Crippen LogP contribution < -0.4 is 15.5 Å². The molecule has 6 nitrogen and oxygen atoms in total. The van der Waals surface area contributed by atoms with Gasteiger partial charge in [-0.25, -0.2) is 0 Å². The highest BCUT2D eigenvalue weighted by atomic mass is 16.5. The maximum Gasteiger partial charge on any atom is 0.191 e. The zero-order valence-corrected chi connectivity index (χ0v) is 19.2. The van der Waals surface area contributed by atoms with Gasteiger partial charge in [0.25, 0.3) is 0 Å². The standard InChI is InChI=1S/C25H37N5O/c1-4-29(5-2)24(21-11-7-6-8-12-21)20-28-25(26-3)27-19-22-13-9-10-14-23(22)30-15-17-31-18-16-30/h6-14,24H,4-5,15-20H2,1-3H3,(H2,26,27,28). The highest BCUT2D eigenvalue weighted by Crippen LogP contribution is 2.22. The third-order valence-corrected chi connectivity index (χ3v) is 5.91. The van der Waals surface area contributed by atoms with E-state index < -0.39 is 0 Å². The van der Waals surface area contributed by atoms with Crippen LogP contribution >= 0.6 is 0 Å². The fraction of sp³-hybridized carbons (Fsp3) is 0.480. The molecule has 0 saturated carbocycles. The van der Waals surface area contributed by atoms with Gasteiger partial charge in [-0.2, -0.15) is 0 Å². The van der Waals surface area contributed by atoms with E-state index >= 15 is 0 Å². The highest BCUT2D eigenvalue weighted by Gasteiger charge is 2.18. The molecule has 1 fully saturated rings.